The fourth-order valence-corrected chi connectivity index (χ4v) is 3.88. The van der Waals surface area contributed by atoms with E-state index < -0.39 is 0 Å². The van der Waals surface area contributed by atoms with Gasteiger partial charge in [0, 0.05) is 18.9 Å². The van der Waals surface area contributed by atoms with Crippen molar-refractivity contribution in [3.8, 4) is 17.2 Å². The number of hydrogen-bond donors (Lipinski definition) is 0. The second-order valence-electron chi connectivity index (χ2n) is 9.50. The number of benzene rings is 1. The lowest BCUT2D eigenvalue weighted by molar-refractivity contribution is -0.137. The summed E-state index contributed by atoms with van der Waals surface area (Å²) in [6.07, 6.45) is 18.7. The van der Waals surface area contributed by atoms with E-state index in [9.17, 15) is 9.59 Å². The summed E-state index contributed by atoms with van der Waals surface area (Å²) in [6, 6.07) is 5.09. The van der Waals surface area contributed by atoms with Gasteiger partial charge in [-0.3, -0.25) is 9.59 Å². The fraction of sp³-hybridized carbons (Fsp3) is 0.733. The van der Waals surface area contributed by atoms with Crippen LogP contribution in [0.5, 0.6) is 17.2 Å². The van der Waals surface area contributed by atoms with E-state index in [0.717, 1.165) is 51.4 Å². The molecule has 1 aromatic carbocycles. The number of esters is 2. The molecule has 0 atom stereocenters. The van der Waals surface area contributed by atoms with Gasteiger partial charge >= 0.3 is 11.9 Å². The van der Waals surface area contributed by atoms with Crippen LogP contribution in [0.1, 0.15) is 136 Å². The quantitative estimate of drug-likeness (QED) is 0.0922. The highest BCUT2D eigenvalue weighted by atomic mass is 16.6. The molecule has 0 unspecified atom stereocenters. The average molecular weight is 491 g/mol. The van der Waals surface area contributed by atoms with Crippen LogP contribution in [0.4, 0.5) is 0 Å². The zero-order valence-corrected chi connectivity index (χ0v) is 22.7. The Morgan fingerprint density at radius 3 is 1.54 bits per heavy atom. The van der Waals surface area contributed by atoms with E-state index >= 15 is 0 Å². The third-order valence-electron chi connectivity index (χ3n) is 6.10. The van der Waals surface area contributed by atoms with Crippen LogP contribution in [-0.2, 0) is 9.59 Å². The standard InChI is InChI=1S/C30H50O5/c1-4-7-10-12-14-16-18-20-29(31)34-27-23-22-26(33-24-9-6-3)25-28(27)35-30(32)21-19-17-15-13-11-8-5-2/h22-23,25H,4-21,24H2,1-3H3. The molecule has 0 aliphatic rings. The molecule has 0 amide bonds. The summed E-state index contributed by atoms with van der Waals surface area (Å²) in [5.41, 5.74) is 0. The Morgan fingerprint density at radius 1 is 0.571 bits per heavy atom. The lowest BCUT2D eigenvalue weighted by Gasteiger charge is -2.13. The maximum Gasteiger partial charge on any atom is 0.311 e. The van der Waals surface area contributed by atoms with Crippen molar-refractivity contribution in [3.05, 3.63) is 18.2 Å². The number of unbranched alkanes of at least 4 members (excludes halogenated alkanes) is 13. The van der Waals surface area contributed by atoms with E-state index in [-0.39, 0.29) is 23.4 Å². The molecule has 0 spiro atoms. The first-order valence-electron chi connectivity index (χ1n) is 14.3. The molecule has 1 rings (SSSR count). The molecule has 0 N–H and O–H groups in total. The molecular weight excluding hydrogens is 440 g/mol. The lowest BCUT2D eigenvalue weighted by atomic mass is 10.1. The minimum absolute atomic E-state index is 0.264. The molecule has 0 saturated heterocycles. The highest BCUT2D eigenvalue weighted by Gasteiger charge is 2.15. The Hall–Kier alpha value is -2.04. The third kappa shape index (κ3) is 16.3. The fourth-order valence-electron chi connectivity index (χ4n) is 3.88. The van der Waals surface area contributed by atoms with Gasteiger partial charge in [-0.2, -0.15) is 0 Å². The smallest absolute Gasteiger partial charge is 0.311 e. The molecule has 200 valence electrons. The van der Waals surface area contributed by atoms with Crippen molar-refractivity contribution in [1.82, 2.24) is 0 Å². The summed E-state index contributed by atoms with van der Waals surface area (Å²) >= 11 is 0. The summed E-state index contributed by atoms with van der Waals surface area (Å²) in [5, 5.41) is 0. The van der Waals surface area contributed by atoms with Crippen molar-refractivity contribution in [2.24, 2.45) is 0 Å². The number of carbonyl (C=O) groups is 2. The van der Waals surface area contributed by atoms with Gasteiger partial charge in [0.05, 0.1) is 6.61 Å². The van der Waals surface area contributed by atoms with Crippen LogP contribution in [0.3, 0.4) is 0 Å². The van der Waals surface area contributed by atoms with Gasteiger partial charge in [0.1, 0.15) is 5.75 Å². The second kappa shape index (κ2) is 21.3. The highest BCUT2D eigenvalue weighted by molar-refractivity contribution is 5.76. The van der Waals surface area contributed by atoms with Gasteiger partial charge in [0.15, 0.2) is 11.5 Å². The van der Waals surface area contributed by atoms with E-state index in [1.807, 2.05) is 0 Å². The van der Waals surface area contributed by atoms with Crippen molar-refractivity contribution >= 4 is 11.9 Å². The largest absolute Gasteiger partial charge is 0.493 e. The third-order valence-corrected chi connectivity index (χ3v) is 6.10. The predicted octanol–water partition coefficient (Wildman–Crippen LogP) is 8.96. The van der Waals surface area contributed by atoms with Crippen molar-refractivity contribution in [1.29, 1.82) is 0 Å². The van der Waals surface area contributed by atoms with Crippen LogP contribution in [0.25, 0.3) is 0 Å². The minimum atomic E-state index is -0.298. The molecule has 5 heteroatoms. The summed E-state index contributed by atoms with van der Waals surface area (Å²) in [4.78, 5) is 24.9. The van der Waals surface area contributed by atoms with E-state index in [0.29, 0.717) is 25.2 Å². The Morgan fingerprint density at radius 2 is 1.03 bits per heavy atom. The minimum Gasteiger partial charge on any atom is -0.493 e. The van der Waals surface area contributed by atoms with Crippen LogP contribution in [0, 0.1) is 0 Å². The molecule has 35 heavy (non-hydrogen) atoms. The van der Waals surface area contributed by atoms with Gasteiger partial charge in [0.25, 0.3) is 0 Å². The first-order chi connectivity index (χ1) is 17.1. The lowest BCUT2D eigenvalue weighted by Crippen LogP contribution is -2.12. The van der Waals surface area contributed by atoms with Crippen molar-refractivity contribution < 1.29 is 23.8 Å². The molecule has 0 aliphatic carbocycles. The van der Waals surface area contributed by atoms with Crippen molar-refractivity contribution in [3.63, 3.8) is 0 Å². The molecule has 5 nitrogen and oxygen atoms in total. The summed E-state index contributed by atoms with van der Waals surface area (Å²) in [5.74, 6) is 0.578. The highest BCUT2D eigenvalue weighted by Crippen LogP contribution is 2.33. The van der Waals surface area contributed by atoms with Crippen molar-refractivity contribution in [2.45, 2.75) is 136 Å². The predicted molar refractivity (Wildman–Crippen MR) is 143 cm³/mol. The number of carbonyl (C=O) groups excluding carboxylic acids is 2. The molecular formula is C30H50O5. The molecule has 0 aromatic heterocycles. The number of ether oxygens (including phenoxy) is 3. The maximum absolute atomic E-state index is 12.5. The van der Waals surface area contributed by atoms with Gasteiger partial charge in [-0.1, -0.05) is 104 Å². The van der Waals surface area contributed by atoms with Gasteiger partial charge in [0.2, 0.25) is 0 Å². The van der Waals surface area contributed by atoms with E-state index in [2.05, 4.69) is 20.8 Å². The second-order valence-corrected chi connectivity index (χ2v) is 9.50. The SMILES string of the molecule is CCCCCCCCCC(=O)Oc1ccc(OCCCC)cc1OC(=O)CCCCCCCCC. The first-order valence-corrected chi connectivity index (χ1v) is 14.3. The summed E-state index contributed by atoms with van der Waals surface area (Å²) in [6.45, 7) is 7.12. The van der Waals surface area contributed by atoms with Gasteiger partial charge in [-0.15, -0.1) is 0 Å². The Kier molecular flexibility index (Phi) is 18.8. The monoisotopic (exact) mass is 490 g/mol. The first kappa shape index (κ1) is 31.0. The van der Waals surface area contributed by atoms with E-state index in [1.165, 1.54) is 51.4 Å². The van der Waals surface area contributed by atoms with Crippen LogP contribution in [-0.4, -0.2) is 18.5 Å². The van der Waals surface area contributed by atoms with Gasteiger partial charge in [-0.25, -0.2) is 0 Å². The van der Waals surface area contributed by atoms with Gasteiger partial charge < -0.3 is 14.2 Å². The Labute approximate surface area is 214 Å². The molecule has 0 radical (unpaired) electrons. The molecule has 0 bridgehead atoms. The number of rotatable bonds is 22. The average Bonchev–Trinajstić information content (AvgIpc) is 2.84. The summed E-state index contributed by atoms with van der Waals surface area (Å²) in [7, 11) is 0. The van der Waals surface area contributed by atoms with E-state index in [4.69, 9.17) is 14.2 Å². The maximum atomic E-state index is 12.5. The topological polar surface area (TPSA) is 61.8 Å². The zero-order valence-electron chi connectivity index (χ0n) is 22.7. The summed E-state index contributed by atoms with van der Waals surface area (Å²) < 4.78 is 17.0. The molecule has 0 fully saturated rings. The normalized spacial score (nSPS) is 10.8. The van der Waals surface area contributed by atoms with Crippen molar-refractivity contribution in [2.75, 3.05) is 6.61 Å². The molecule has 0 saturated carbocycles. The van der Waals surface area contributed by atoms with Crippen LogP contribution >= 0.6 is 0 Å². The molecule has 0 heterocycles. The van der Waals surface area contributed by atoms with Crippen LogP contribution in [0.2, 0.25) is 0 Å². The van der Waals surface area contributed by atoms with Gasteiger partial charge in [-0.05, 0) is 31.4 Å². The Bertz CT molecular complexity index is 685. The van der Waals surface area contributed by atoms with E-state index in [1.54, 1.807) is 18.2 Å². The molecule has 1 aromatic rings. The number of hydrogen-bond acceptors (Lipinski definition) is 5. The van der Waals surface area contributed by atoms with Crippen LogP contribution in [0.15, 0.2) is 18.2 Å². The van der Waals surface area contributed by atoms with Crippen LogP contribution < -0.4 is 14.2 Å². The Balaban J connectivity index is 2.56. The zero-order chi connectivity index (χ0) is 25.6. The molecule has 0 aliphatic heterocycles.